The zero-order chi connectivity index (χ0) is 16.1. The second-order valence-electron chi connectivity index (χ2n) is 6.09. The lowest BCUT2D eigenvalue weighted by molar-refractivity contribution is 0.0144. The molecule has 0 amide bonds. The fraction of sp³-hybridized carbons (Fsp3) is 0.444. The SMILES string of the molecule is CCCNc1ncc(CN2CC(Oc3cccc(C)c3)C2)cn1. The van der Waals surface area contributed by atoms with Crippen LogP contribution in [-0.2, 0) is 6.54 Å². The van der Waals surface area contributed by atoms with Crippen LogP contribution < -0.4 is 10.1 Å². The first-order chi connectivity index (χ1) is 11.2. The number of aromatic nitrogens is 2. The van der Waals surface area contributed by atoms with Gasteiger partial charge in [-0.3, -0.25) is 4.90 Å². The Morgan fingerprint density at radius 1 is 1.26 bits per heavy atom. The summed E-state index contributed by atoms with van der Waals surface area (Å²) in [4.78, 5) is 11.0. The highest BCUT2D eigenvalue weighted by Crippen LogP contribution is 2.20. The van der Waals surface area contributed by atoms with Crippen LogP contribution >= 0.6 is 0 Å². The molecule has 1 N–H and O–H groups in total. The van der Waals surface area contributed by atoms with Gasteiger partial charge in [-0.05, 0) is 31.0 Å². The number of hydrogen-bond acceptors (Lipinski definition) is 5. The molecule has 0 aliphatic carbocycles. The largest absolute Gasteiger partial charge is 0.488 e. The second kappa shape index (κ2) is 7.42. The topological polar surface area (TPSA) is 50.3 Å². The predicted octanol–water partition coefficient (Wildman–Crippen LogP) is 2.87. The molecule has 2 heterocycles. The Balaban J connectivity index is 1.43. The average molecular weight is 312 g/mol. The van der Waals surface area contributed by atoms with Crippen LogP contribution in [0.3, 0.4) is 0 Å². The Morgan fingerprint density at radius 2 is 2.04 bits per heavy atom. The maximum absolute atomic E-state index is 5.98. The van der Waals surface area contributed by atoms with Crippen LogP contribution in [0.2, 0.25) is 0 Å². The molecule has 0 spiro atoms. The third-order valence-corrected chi connectivity index (χ3v) is 3.86. The maximum atomic E-state index is 5.98. The molecule has 0 radical (unpaired) electrons. The summed E-state index contributed by atoms with van der Waals surface area (Å²) in [5.41, 5.74) is 2.37. The van der Waals surface area contributed by atoms with Crippen LogP contribution in [0, 0.1) is 6.92 Å². The third-order valence-electron chi connectivity index (χ3n) is 3.86. The molecule has 23 heavy (non-hydrogen) atoms. The Bertz CT molecular complexity index is 623. The highest BCUT2D eigenvalue weighted by molar-refractivity contribution is 5.28. The van der Waals surface area contributed by atoms with Gasteiger partial charge in [-0.15, -0.1) is 0 Å². The van der Waals surface area contributed by atoms with Crippen molar-refractivity contribution in [1.29, 1.82) is 0 Å². The molecule has 1 aliphatic heterocycles. The molecule has 1 fully saturated rings. The molecule has 5 heteroatoms. The highest BCUT2D eigenvalue weighted by Gasteiger charge is 2.28. The fourth-order valence-corrected chi connectivity index (χ4v) is 2.63. The summed E-state index contributed by atoms with van der Waals surface area (Å²) in [6, 6.07) is 8.22. The van der Waals surface area contributed by atoms with Gasteiger partial charge < -0.3 is 10.1 Å². The molecule has 0 bridgehead atoms. The lowest BCUT2D eigenvalue weighted by Gasteiger charge is -2.38. The first-order valence-corrected chi connectivity index (χ1v) is 8.23. The van der Waals surface area contributed by atoms with Crippen LogP contribution in [-0.4, -0.2) is 40.6 Å². The minimum Gasteiger partial charge on any atom is -0.488 e. The predicted molar refractivity (Wildman–Crippen MR) is 91.7 cm³/mol. The summed E-state index contributed by atoms with van der Waals surface area (Å²) >= 11 is 0. The van der Waals surface area contributed by atoms with Gasteiger partial charge in [0.05, 0.1) is 0 Å². The monoisotopic (exact) mass is 312 g/mol. The molecule has 5 nitrogen and oxygen atoms in total. The average Bonchev–Trinajstić information content (AvgIpc) is 2.52. The molecular weight excluding hydrogens is 288 g/mol. The van der Waals surface area contributed by atoms with Gasteiger partial charge in [0.1, 0.15) is 11.9 Å². The number of hydrogen-bond donors (Lipinski definition) is 1. The number of rotatable bonds is 7. The molecule has 2 aromatic rings. The van der Waals surface area contributed by atoms with Crippen molar-refractivity contribution >= 4 is 5.95 Å². The molecule has 3 rings (SSSR count). The van der Waals surface area contributed by atoms with E-state index in [0.717, 1.165) is 43.9 Å². The lowest BCUT2D eigenvalue weighted by atomic mass is 10.1. The van der Waals surface area contributed by atoms with Gasteiger partial charge >= 0.3 is 0 Å². The Labute approximate surface area is 137 Å². The van der Waals surface area contributed by atoms with Crippen LogP contribution in [0.5, 0.6) is 5.75 Å². The standard InChI is InChI=1S/C18H24N4O/c1-3-7-19-18-20-9-15(10-21-18)11-22-12-17(13-22)23-16-6-4-5-14(2)8-16/h4-6,8-10,17H,3,7,11-13H2,1-2H3,(H,19,20,21). The number of aryl methyl sites for hydroxylation is 1. The van der Waals surface area contributed by atoms with Gasteiger partial charge in [0.25, 0.3) is 0 Å². The second-order valence-corrected chi connectivity index (χ2v) is 6.09. The van der Waals surface area contributed by atoms with Crippen molar-refractivity contribution in [2.45, 2.75) is 32.9 Å². The number of nitrogens with one attached hydrogen (secondary N) is 1. The first-order valence-electron chi connectivity index (χ1n) is 8.23. The van der Waals surface area contributed by atoms with E-state index in [4.69, 9.17) is 4.74 Å². The number of benzene rings is 1. The minimum absolute atomic E-state index is 0.281. The van der Waals surface area contributed by atoms with Crippen molar-refractivity contribution in [2.75, 3.05) is 25.0 Å². The molecule has 0 unspecified atom stereocenters. The maximum Gasteiger partial charge on any atom is 0.222 e. The summed E-state index contributed by atoms with van der Waals surface area (Å²) in [6.45, 7) is 7.89. The summed E-state index contributed by atoms with van der Waals surface area (Å²) < 4.78 is 5.98. The third kappa shape index (κ3) is 4.42. The molecule has 0 saturated carbocycles. The molecule has 1 aromatic heterocycles. The van der Waals surface area contributed by atoms with Crippen LogP contribution in [0.1, 0.15) is 24.5 Å². The molecule has 1 aromatic carbocycles. The van der Waals surface area contributed by atoms with Gasteiger partial charge in [0.2, 0.25) is 5.95 Å². The quantitative estimate of drug-likeness (QED) is 0.852. The van der Waals surface area contributed by atoms with Crippen LogP contribution in [0.4, 0.5) is 5.95 Å². The van der Waals surface area contributed by atoms with E-state index < -0.39 is 0 Å². The number of ether oxygens (including phenoxy) is 1. The van der Waals surface area contributed by atoms with Crippen LogP contribution in [0.25, 0.3) is 0 Å². The molecule has 122 valence electrons. The van der Waals surface area contributed by atoms with Gasteiger partial charge in [0, 0.05) is 44.1 Å². The highest BCUT2D eigenvalue weighted by atomic mass is 16.5. The number of likely N-dealkylation sites (tertiary alicyclic amines) is 1. The number of nitrogens with zero attached hydrogens (tertiary/aromatic N) is 3. The van der Waals surface area contributed by atoms with Crippen molar-refractivity contribution in [1.82, 2.24) is 14.9 Å². The summed E-state index contributed by atoms with van der Waals surface area (Å²) in [5.74, 6) is 1.67. The van der Waals surface area contributed by atoms with E-state index >= 15 is 0 Å². The first kappa shape index (κ1) is 15.7. The zero-order valence-corrected chi connectivity index (χ0v) is 13.8. The number of anilines is 1. The van der Waals surface area contributed by atoms with E-state index in [9.17, 15) is 0 Å². The van der Waals surface area contributed by atoms with Gasteiger partial charge in [-0.1, -0.05) is 19.1 Å². The van der Waals surface area contributed by atoms with Crippen molar-refractivity contribution in [3.05, 3.63) is 47.8 Å². The normalized spacial score (nSPS) is 15.2. The van der Waals surface area contributed by atoms with Gasteiger partial charge in [-0.25, -0.2) is 9.97 Å². The van der Waals surface area contributed by atoms with E-state index in [1.165, 1.54) is 5.56 Å². The van der Waals surface area contributed by atoms with Crippen molar-refractivity contribution < 1.29 is 4.74 Å². The van der Waals surface area contributed by atoms with E-state index in [1.54, 1.807) is 0 Å². The smallest absolute Gasteiger partial charge is 0.222 e. The zero-order valence-electron chi connectivity index (χ0n) is 13.8. The molecule has 1 aliphatic rings. The molecule has 1 saturated heterocycles. The summed E-state index contributed by atoms with van der Waals surface area (Å²) in [5, 5.41) is 3.19. The van der Waals surface area contributed by atoms with Crippen LogP contribution in [0.15, 0.2) is 36.7 Å². The van der Waals surface area contributed by atoms with Gasteiger partial charge in [0.15, 0.2) is 0 Å². The molecule has 0 atom stereocenters. The fourth-order valence-electron chi connectivity index (χ4n) is 2.63. The Hall–Kier alpha value is -2.14. The van der Waals surface area contributed by atoms with Gasteiger partial charge in [-0.2, -0.15) is 0 Å². The van der Waals surface area contributed by atoms with E-state index in [-0.39, 0.29) is 6.10 Å². The molecular formula is C18H24N4O. The summed E-state index contributed by atoms with van der Waals surface area (Å²) in [7, 11) is 0. The minimum atomic E-state index is 0.281. The van der Waals surface area contributed by atoms with Crippen molar-refractivity contribution in [3.8, 4) is 5.75 Å². The lowest BCUT2D eigenvalue weighted by Crippen LogP contribution is -2.53. The Kier molecular flexibility index (Phi) is 5.08. The summed E-state index contributed by atoms with van der Waals surface area (Å²) in [6.07, 6.45) is 5.16. The Morgan fingerprint density at radius 3 is 2.74 bits per heavy atom. The van der Waals surface area contributed by atoms with E-state index in [2.05, 4.69) is 46.2 Å². The van der Waals surface area contributed by atoms with Crippen molar-refractivity contribution in [3.63, 3.8) is 0 Å². The van der Waals surface area contributed by atoms with Crippen molar-refractivity contribution in [2.24, 2.45) is 0 Å². The van der Waals surface area contributed by atoms with E-state index in [1.807, 2.05) is 24.5 Å². The van der Waals surface area contributed by atoms with E-state index in [0.29, 0.717) is 5.95 Å².